The molecule has 0 unspecified atom stereocenters. The van der Waals surface area contributed by atoms with E-state index in [1.54, 1.807) is 11.8 Å². The summed E-state index contributed by atoms with van der Waals surface area (Å²) in [5.74, 6) is 1.13. The minimum absolute atomic E-state index is 0.133. The highest BCUT2D eigenvalue weighted by Crippen LogP contribution is 2.34. The monoisotopic (exact) mass is 377 g/mol. The third-order valence-corrected chi connectivity index (χ3v) is 6.51. The molecule has 6 nitrogen and oxygen atoms in total. The minimum Gasteiger partial charge on any atom is -0.356 e. The molecule has 0 spiro atoms. The summed E-state index contributed by atoms with van der Waals surface area (Å²) in [5.41, 5.74) is 0. The molecule has 4 rings (SSSR count). The van der Waals surface area contributed by atoms with Crippen LogP contribution in [-0.4, -0.2) is 78.2 Å². The Balaban J connectivity index is 1.69. The number of likely N-dealkylation sites (N-methyl/N-ethyl adjacent to an activating group) is 1. The molecule has 2 aromatic rings. The summed E-state index contributed by atoms with van der Waals surface area (Å²) in [4.78, 5) is 30.6. The second-order valence-electron chi connectivity index (χ2n) is 6.65. The number of nitrogens with zero attached hydrogens (tertiary/aromatic N) is 5. The van der Waals surface area contributed by atoms with Crippen molar-refractivity contribution in [2.45, 2.75) is 18.0 Å². The average molecular weight is 378 g/mol. The van der Waals surface area contributed by atoms with Crippen molar-refractivity contribution in [3.05, 3.63) is 10.9 Å². The van der Waals surface area contributed by atoms with Crippen molar-refractivity contribution in [3.8, 4) is 0 Å². The Bertz CT molecular complexity index is 779. The van der Waals surface area contributed by atoms with Crippen molar-refractivity contribution < 1.29 is 4.79 Å². The van der Waals surface area contributed by atoms with Crippen LogP contribution in [0.5, 0.6) is 0 Å². The first-order valence-electron chi connectivity index (χ1n) is 8.74. The zero-order valence-corrected chi connectivity index (χ0v) is 16.3. The van der Waals surface area contributed by atoms with Gasteiger partial charge in [-0.3, -0.25) is 4.79 Å². The van der Waals surface area contributed by atoms with Crippen molar-refractivity contribution in [2.75, 3.05) is 57.5 Å². The van der Waals surface area contributed by atoms with Gasteiger partial charge in [0.25, 0.3) is 5.91 Å². The Morgan fingerprint density at radius 3 is 2.52 bits per heavy atom. The fourth-order valence-electron chi connectivity index (χ4n) is 3.42. The number of thiophene rings is 1. The first-order valence-corrected chi connectivity index (χ1v) is 10.8. The van der Waals surface area contributed by atoms with Gasteiger partial charge in [-0.25, -0.2) is 9.97 Å². The molecule has 2 fully saturated rings. The largest absolute Gasteiger partial charge is 0.356 e. The molecule has 0 N–H and O–H groups in total. The molecule has 4 heterocycles. The normalized spacial score (nSPS) is 19.1. The Hall–Kier alpha value is -1.38. The van der Waals surface area contributed by atoms with Crippen molar-refractivity contribution in [1.82, 2.24) is 19.8 Å². The van der Waals surface area contributed by atoms with E-state index in [0.717, 1.165) is 65.3 Å². The lowest BCUT2D eigenvalue weighted by atomic mass is 10.2. The lowest BCUT2D eigenvalue weighted by Crippen LogP contribution is -2.46. The quantitative estimate of drug-likeness (QED) is 0.605. The van der Waals surface area contributed by atoms with Crippen LogP contribution in [0.1, 0.15) is 22.5 Å². The van der Waals surface area contributed by atoms with E-state index in [4.69, 9.17) is 4.98 Å². The summed E-state index contributed by atoms with van der Waals surface area (Å²) < 4.78 is 0. The number of amides is 1. The topological polar surface area (TPSA) is 52.6 Å². The summed E-state index contributed by atoms with van der Waals surface area (Å²) in [7, 11) is 2.10. The van der Waals surface area contributed by atoms with Crippen LogP contribution >= 0.6 is 23.1 Å². The van der Waals surface area contributed by atoms with Gasteiger partial charge in [-0.05, 0) is 32.2 Å². The SMILES string of the molecule is CSc1nc(N2CCCC2)c2cc(C(=O)N3CCN(C)CC3)sc2n1. The number of anilines is 1. The van der Waals surface area contributed by atoms with E-state index in [0.29, 0.717) is 0 Å². The molecule has 2 aliphatic rings. The van der Waals surface area contributed by atoms with Gasteiger partial charge in [0.15, 0.2) is 5.16 Å². The third kappa shape index (κ3) is 3.35. The number of rotatable bonds is 3. The maximum atomic E-state index is 12.9. The molecule has 25 heavy (non-hydrogen) atoms. The van der Waals surface area contributed by atoms with Gasteiger partial charge in [0.05, 0.1) is 10.3 Å². The van der Waals surface area contributed by atoms with Crippen LogP contribution in [0.2, 0.25) is 0 Å². The number of fused-ring (bicyclic) bond motifs is 1. The molecule has 0 radical (unpaired) electrons. The predicted octanol–water partition coefficient (Wildman–Crippen LogP) is 2.40. The standard InChI is InChI=1S/C17H23N5OS2/c1-20-7-9-22(10-8-20)16(23)13-11-12-14(21-5-3-4-6-21)18-17(24-2)19-15(12)25-13/h11H,3-10H2,1-2H3. The van der Waals surface area contributed by atoms with Gasteiger partial charge in [0.1, 0.15) is 10.6 Å². The fourth-order valence-corrected chi connectivity index (χ4v) is 4.83. The van der Waals surface area contributed by atoms with E-state index in [-0.39, 0.29) is 5.91 Å². The summed E-state index contributed by atoms with van der Waals surface area (Å²) in [5, 5.41) is 1.82. The molecule has 2 aliphatic heterocycles. The zero-order chi connectivity index (χ0) is 17.4. The minimum atomic E-state index is 0.133. The van der Waals surface area contributed by atoms with E-state index in [9.17, 15) is 4.79 Å². The van der Waals surface area contributed by atoms with Gasteiger partial charge in [-0.1, -0.05) is 11.8 Å². The molecule has 2 saturated heterocycles. The van der Waals surface area contributed by atoms with E-state index in [1.807, 2.05) is 17.2 Å². The molecule has 0 aliphatic carbocycles. The molecule has 0 atom stereocenters. The van der Waals surface area contributed by atoms with Crippen LogP contribution in [0.25, 0.3) is 10.2 Å². The molecule has 1 amide bonds. The van der Waals surface area contributed by atoms with Gasteiger partial charge in [0.2, 0.25) is 0 Å². The number of hydrogen-bond acceptors (Lipinski definition) is 7. The lowest BCUT2D eigenvalue weighted by Gasteiger charge is -2.32. The van der Waals surface area contributed by atoms with Crippen molar-refractivity contribution >= 4 is 45.0 Å². The Labute approximate surface area is 156 Å². The van der Waals surface area contributed by atoms with Gasteiger partial charge in [-0.15, -0.1) is 11.3 Å². The molecule has 8 heteroatoms. The van der Waals surface area contributed by atoms with Crippen molar-refractivity contribution in [2.24, 2.45) is 0 Å². The first kappa shape index (κ1) is 17.1. The van der Waals surface area contributed by atoms with E-state index in [2.05, 4.69) is 21.8 Å². The molecule has 134 valence electrons. The van der Waals surface area contributed by atoms with Gasteiger partial charge in [0, 0.05) is 39.3 Å². The van der Waals surface area contributed by atoms with Crippen molar-refractivity contribution in [1.29, 1.82) is 0 Å². The number of carbonyl (C=O) groups is 1. The zero-order valence-electron chi connectivity index (χ0n) is 14.7. The van der Waals surface area contributed by atoms with Crippen molar-refractivity contribution in [3.63, 3.8) is 0 Å². The van der Waals surface area contributed by atoms with Crippen LogP contribution in [0.4, 0.5) is 5.82 Å². The van der Waals surface area contributed by atoms with E-state index in [1.165, 1.54) is 24.2 Å². The second kappa shape index (κ2) is 7.09. The Morgan fingerprint density at radius 2 is 1.84 bits per heavy atom. The maximum absolute atomic E-state index is 12.9. The predicted molar refractivity (Wildman–Crippen MR) is 104 cm³/mol. The first-order chi connectivity index (χ1) is 12.2. The van der Waals surface area contributed by atoms with Gasteiger partial charge in [-0.2, -0.15) is 0 Å². The summed E-state index contributed by atoms with van der Waals surface area (Å²) in [6.45, 7) is 5.54. The molecule has 0 aromatic carbocycles. The fraction of sp³-hybridized carbons (Fsp3) is 0.588. The molecular weight excluding hydrogens is 354 g/mol. The number of aromatic nitrogens is 2. The van der Waals surface area contributed by atoms with Gasteiger partial charge >= 0.3 is 0 Å². The summed E-state index contributed by atoms with van der Waals surface area (Å²) in [6.07, 6.45) is 4.41. The highest BCUT2D eigenvalue weighted by atomic mass is 32.2. The van der Waals surface area contributed by atoms with E-state index >= 15 is 0 Å². The average Bonchev–Trinajstić information content (AvgIpc) is 3.30. The van der Waals surface area contributed by atoms with Gasteiger partial charge < -0.3 is 14.7 Å². The molecule has 0 bridgehead atoms. The Morgan fingerprint density at radius 1 is 1.12 bits per heavy atom. The van der Waals surface area contributed by atoms with Crippen LogP contribution in [0.3, 0.4) is 0 Å². The van der Waals surface area contributed by atoms with Crippen LogP contribution in [0.15, 0.2) is 11.2 Å². The molecule has 0 saturated carbocycles. The second-order valence-corrected chi connectivity index (χ2v) is 8.46. The lowest BCUT2D eigenvalue weighted by molar-refractivity contribution is 0.0669. The Kier molecular flexibility index (Phi) is 4.84. The van der Waals surface area contributed by atoms with Crippen LogP contribution in [-0.2, 0) is 0 Å². The summed E-state index contributed by atoms with van der Waals surface area (Å²) >= 11 is 3.07. The molecular formula is C17H23N5OS2. The molecule has 2 aromatic heterocycles. The smallest absolute Gasteiger partial charge is 0.264 e. The number of piperazine rings is 1. The number of thioether (sulfide) groups is 1. The van der Waals surface area contributed by atoms with E-state index < -0.39 is 0 Å². The van der Waals surface area contributed by atoms with Crippen LogP contribution < -0.4 is 4.90 Å². The van der Waals surface area contributed by atoms with Crippen LogP contribution in [0, 0.1) is 0 Å². The maximum Gasteiger partial charge on any atom is 0.264 e. The third-order valence-electron chi connectivity index (χ3n) is 4.94. The summed E-state index contributed by atoms with van der Waals surface area (Å²) in [6, 6.07) is 2.01. The number of carbonyl (C=O) groups excluding carboxylic acids is 1. The highest BCUT2D eigenvalue weighted by molar-refractivity contribution is 7.98. The highest BCUT2D eigenvalue weighted by Gasteiger charge is 2.25. The number of hydrogen-bond donors (Lipinski definition) is 0.